The van der Waals surface area contributed by atoms with Gasteiger partial charge in [0.2, 0.25) is 0 Å². The molecule has 0 spiro atoms. The second-order valence-corrected chi connectivity index (χ2v) is 16.4. The number of carbonyl (C=O) groups excluding carboxylic acids is 5. The molecule has 274 valence electrons. The first-order valence-electron chi connectivity index (χ1n) is 16.4. The Morgan fingerprint density at radius 1 is 0.735 bits per heavy atom. The number of esters is 4. The van der Waals surface area contributed by atoms with Gasteiger partial charge in [-0.2, -0.15) is 0 Å². The molecule has 11 nitrogen and oxygen atoms in total. The summed E-state index contributed by atoms with van der Waals surface area (Å²) in [7, 11) is 0. The van der Waals surface area contributed by atoms with Gasteiger partial charge in [0, 0.05) is 6.04 Å². The van der Waals surface area contributed by atoms with E-state index in [2.05, 4.69) is 5.32 Å². The van der Waals surface area contributed by atoms with Crippen LogP contribution >= 0.6 is 0 Å². The van der Waals surface area contributed by atoms with Crippen LogP contribution in [0.1, 0.15) is 101 Å². The predicted octanol–water partition coefficient (Wildman–Crippen LogP) is 5.79. The molecule has 1 aliphatic heterocycles. The van der Waals surface area contributed by atoms with Gasteiger partial charge in [0.1, 0.15) is 24.8 Å². The van der Waals surface area contributed by atoms with Gasteiger partial charge in [-0.3, -0.25) is 29.3 Å². The van der Waals surface area contributed by atoms with Crippen LogP contribution in [0, 0.1) is 27.5 Å². The first kappa shape index (κ1) is 41.5. The molecule has 1 N–H and O–H groups in total. The first-order valence-corrected chi connectivity index (χ1v) is 16.4. The molecule has 0 bridgehead atoms. The van der Waals surface area contributed by atoms with Gasteiger partial charge in [-0.1, -0.05) is 18.2 Å². The molecule has 1 aromatic rings. The van der Waals surface area contributed by atoms with Gasteiger partial charge in [-0.05, 0) is 113 Å². The number of allylic oxidation sites excluding steroid dienone is 1. The Morgan fingerprint density at radius 3 is 1.63 bits per heavy atom. The van der Waals surface area contributed by atoms with Crippen molar-refractivity contribution in [1.82, 2.24) is 5.32 Å². The molecule has 49 heavy (non-hydrogen) atoms. The molecule has 0 aliphatic carbocycles. The number of hydrogen-bond donors (Lipinski definition) is 1. The number of ether oxygens (including phenoxy) is 5. The van der Waals surface area contributed by atoms with Crippen LogP contribution in [0.5, 0.6) is 0 Å². The van der Waals surface area contributed by atoms with E-state index in [1.807, 2.05) is 0 Å². The third-order valence-electron chi connectivity index (χ3n) is 7.42. The second kappa shape index (κ2) is 16.4. The molecule has 1 heterocycles. The number of rotatable bonds is 11. The molecule has 1 saturated heterocycles. The minimum absolute atomic E-state index is 0.211. The third-order valence-corrected chi connectivity index (χ3v) is 7.42. The molecule has 0 radical (unpaired) electrons. The Morgan fingerprint density at radius 2 is 1.18 bits per heavy atom. The second-order valence-electron chi connectivity index (χ2n) is 16.4. The summed E-state index contributed by atoms with van der Waals surface area (Å²) < 4.78 is 44.2. The smallest absolute Gasteiger partial charge is 0.311 e. The van der Waals surface area contributed by atoms with Gasteiger partial charge < -0.3 is 23.7 Å². The first-order chi connectivity index (χ1) is 22.4. The molecule has 0 saturated carbocycles. The average molecular weight is 692 g/mol. The van der Waals surface area contributed by atoms with E-state index in [1.165, 1.54) is 18.2 Å². The molecule has 1 aromatic carbocycles. The van der Waals surface area contributed by atoms with Gasteiger partial charge in [0.15, 0.2) is 24.5 Å². The third kappa shape index (κ3) is 12.3. The van der Waals surface area contributed by atoms with Crippen LogP contribution < -0.4 is 5.32 Å². The van der Waals surface area contributed by atoms with Crippen molar-refractivity contribution < 1.29 is 52.0 Å². The molecule has 0 unspecified atom stereocenters. The molecule has 1 aliphatic rings. The average Bonchev–Trinajstić information content (AvgIpc) is 2.96. The van der Waals surface area contributed by atoms with Gasteiger partial charge in [0.05, 0.1) is 21.7 Å². The summed E-state index contributed by atoms with van der Waals surface area (Å²) in [5, 5.41) is 3.29. The number of benzene rings is 1. The fourth-order valence-electron chi connectivity index (χ4n) is 4.33. The largest absolute Gasteiger partial charge is 0.462 e. The normalized spacial score (nSPS) is 22.6. The van der Waals surface area contributed by atoms with E-state index in [-0.39, 0.29) is 6.42 Å². The Bertz CT molecular complexity index is 1350. The van der Waals surface area contributed by atoms with Crippen LogP contribution in [0.25, 0.3) is 0 Å². The monoisotopic (exact) mass is 691 g/mol. The van der Waals surface area contributed by atoms with Crippen LogP contribution in [0.2, 0.25) is 0 Å². The highest BCUT2D eigenvalue weighted by atomic mass is 19.1. The lowest BCUT2D eigenvalue weighted by molar-refractivity contribution is -0.266. The minimum Gasteiger partial charge on any atom is -0.462 e. The molecule has 1 fully saturated rings. The maximum absolute atomic E-state index is 13.9. The van der Waals surface area contributed by atoms with E-state index in [9.17, 15) is 28.4 Å². The van der Waals surface area contributed by atoms with Crippen molar-refractivity contribution in [3.05, 3.63) is 47.8 Å². The van der Waals surface area contributed by atoms with Crippen molar-refractivity contribution in [2.24, 2.45) is 21.7 Å². The number of halogens is 1. The van der Waals surface area contributed by atoms with Crippen molar-refractivity contribution in [2.75, 3.05) is 6.61 Å². The summed E-state index contributed by atoms with van der Waals surface area (Å²) >= 11 is 0. The predicted molar refractivity (Wildman–Crippen MR) is 179 cm³/mol. The molecule has 0 aromatic heterocycles. The summed E-state index contributed by atoms with van der Waals surface area (Å²) in [6.45, 7) is 19.4. The maximum atomic E-state index is 13.9. The van der Waals surface area contributed by atoms with Gasteiger partial charge in [-0.15, -0.1) is 0 Å². The summed E-state index contributed by atoms with van der Waals surface area (Å²) in [6.07, 6.45) is -2.96. The molecule has 2 rings (SSSR count). The Kier molecular flexibility index (Phi) is 13.9. The summed E-state index contributed by atoms with van der Waals surface area (Å²) in [5.74, 6) is -3.03. The van der Waals surface area contributed by atoms with Gasteiger partial charge in [-0.25, -0.2) is 4.39 Å². The minimum atomic E-state index is -1.44. The van der Waals surface area contributed by atoms with Crippen LogP contribution in [0.4, 0.5) is 4.39 Å². The highest BCUT2D eigenvalue weighted by Gasteiger charge is 2.55. The quantitative estimate of drug-likeness (QED) is 0.130. The zero-order valence-electron chi connectivity index (χ0n) is 30.9. The maximum Gasteiger partial charge on any atom is 0.311 e. The van der Waals surface area contributed by atoms with Crippen molar-refractivity contribution in [3.63, 3.8) is 0 Å². The molecule has 0 amide bonds. The number of hydrogen-bond acceptors (Lipinski definition) is 11. The van der Waals surface area contributed by atoms with E-state index < -0.39 is 94.6 Å². The summed E-state index contributed by atoms with van der Waals surface area (Å²) in [4.78, 5) is 64.4. The van der Waals surface area contributed by atoms with Crippen LogP contribution in [-0.2, 0) is 47.7 Å². The van der Waals surface area contributed by atoms with Crippen molar-refractivity contribution >= 4 is 30.2 Å². The van der Waals surface area contributed by atoms with E-state index in [4.69, 9.17) is 23.7 Å². The van der Waals surface area contributed by atoms with Crippen LogP contribution in [-0.4, -0.2) is 67.4 Å². The number of nitrogens with one attached hydrogen (secondary N) is 1. The van der Waals surface area contributed by atoms with Crippen LogP contribution in [0.15, 0.2) is 36.4 Å². The zero-order valence-corrected chi connectivity index (χ0v) is 30.9. The fourth-order valence-corrected chi connectivity index (χ4v) is 4.33. The lowest BCUT2D eigenvalue weighted by Crippen LogP contribution is -2.66. The van der Waals surface area contributed by atoms with E-state index in [0.29, 0.717) is 11.8 Å². The van der Waals surface area contributed by atoms with E-state index in [1.54, 1.807) is 101 Å². The molecule has 12 heteroatoms. The highest BCUT2D eigenvalue weighted by molar-refractivity contribution is 5.78. The van der Waals surface area contributed by atoms with Crippen molar-refractivity contribution in [3.8, 4) is 0 Å². The van der Waals surface area contributed by atoms with Gasteiger partial charge in [0.25, 0.3) is 0 Å². The SMILES string of the molecule is CC(C)(C)C(=O)OC[C@H]1O[C@@H](N[C@@H](C/C=C/C=O)c2ccc(F)cc2)[C@H](OC(=O)C(C)(C)C)[C@@H](OC(=O)C(C)(C)C)[C@H]1OC(=O)C(C)(C)C. The lowest BCUT2D eigenvalue weighted by Gasteiger charge is -2.47. The highest BCUT2D eigenvalue weighted by Crippen LogP contribution is 2.35. The van der Waals surface area contributed by atoms with Gasteiger partial charge >= 0.3 is 23.9 Å². The zero-order chi connectivity index (χ0) is 37.5. The number of carbonyl (C=O) groups is 5. The summed E-state index contributed by atoms with van der Waals surface area (Å²) in [6, 6.07) is 5.00. The fraction of sp³-hybridized carbons (Fsp3) is 0.649. The van der Waals surface area contributed by atoms with E-state index in [0.717, 1.165) is 0 Å². The summed E-state index contributed by atoms with van der Waals surface area (Å²) in [5.41, 5.74) is -3.32. The van der Waals surface area contributed by atoms with E-state index >= 15 is 0 Å². The Labute approximate surface area is 289 Å². The van der Waals surface area contributed by atoms with Crippen molar-refractivity contribution in [1.29, 1.82) is 0 Å². The Balaban J connectivity index is 2.81. The number of aldehydes is 1. The Hall–Kier alpha value is -3.64. The standard InChI is InChI=1S/C37H54FNO10/c1-34(2,3)30(41)45-21-25-26(47-31(42)35(4,5)6)27(48-32(43)36(7,8)9)28(49-33(44)37(10,11)12)29(46-25)39-24(15-13-14-20-40)22-16-18-23(38)19-17-22/h13-14,16-20,24-29,39H,15,21H2,1-12H3/b14-13+/t24-,25+,26-,27-,28+,29+/m0/s1. The van der Waals surface area contributed by atoms with Crippen LogP contribution in [0.3, 0.4) is 0 Å². The van der Waals surface area contributed by atoms with Crippen molar-refractivity contribution in [2.45, 2.75) is 126 Å². The topological polar surface area (TPSA) is 144 Å². The molecular formula is C37H54FNO10. The molecule has 6 atom stereocenters. The lowest BCUT2D eigenvalue weighted by atomic mass is 9.92. The molecular weight excluding hydrogens is 637 g/mol.